The number of primary amides is 1. The molecule has 0 saturated carbocycles. The fraction of sp³-hybridized carbons (Fsp3) is 0.267. The standard InChI is InChI=1S/C15H16N6O3/c16-13-10-2-1-9(5-11(10)18-8-19-13)6-20-3-4-21(7-12(20)22)15(24)14(17)23/h1-2,5,8H,3-4,6-7H2,(H2,17,23)(H2,16,18,19). The van der Waals surface area contributed by atoms with E-state index in [1.54, 1.807) is 4.90 Å². The Morgan fingerprint density at radius 2 is 2.00 bits per heavy atom. The molecule has 3 amide bonds. The summed E-state index contributed by atoms with van der Waals surface area (Å²) in [5.74, 6) is -1.72. The number of rotatable bonds is 2. The van der Waals surface area contributed by atoms with Gasteiger partial charge in [0.2, 0.25) is 5.91 Å². The van der Waals surface area contributed by atoms with Crippen LogP contribution in [0.2, 0.25) is 0 Å². The van der Waals surface area contributed by atoms with Crippen molar-refractivity contribution in [3.05, 3.63) is 30.1 Å². The fourth-order valence-corrected chi connectivity index (χ4v) is 2.65. The smallest absolute Gasteiger partial charge is 0.312 e. The Labute approximate surface area is 137 Å². The molecule has 0 unspecified atom stereocenters. The summed E-state index contributed by atoms with van der Waals surface area (Å²) in [6.07, 6.45) is 1.39. The van der Waals surface area contributed by atoms with Crippen LogP contribution in [0.25, 0.3) is 10.9 Å². The van der Waals surface area contributed by atoms with Crippen LogP contribution in [0.5, 0.6) is 0 Å². The van der Waals surface area contributed by atoms with Crippen molar-refractivity contribution in [1.82, 2.24) is 19.8 Å². The van der Waals surface area contributed by atoms with Crippen molar-refractivity contribution in [2.75, 3.05) is 25.4 Å². The van der Waals surface area contributed by atoms with Crippen LogP contribution in [0.4, 0.5) is 5.82 Å². The number of nitrogens with zero attached hydrogens (tertiary/aromatic N) is 4. The third-order valence-electron chi connectivity index (χ3n) is 3.92. The first-order valence-electron chi connectivity index (χ1n) is 7.31. The molecular formula is C15H16N6O3. The Kier molecular flexibility index (Phi) is 3.98. The van der Waals surface area contributed by atoms with Gasteiger partial charge in [0, 0.05) is 25.0 Å². The van der Waals surface area contributed by atoms with Crippen molar-refractivity contribution < 1.29 is 14.4 Å². The van der Waals surface area contributed by atoms with E-state index in [2.05, 4.69) is 9.97 Å². The maximum Gasteiger partial charge on any atom is 0.312 e. The number of hydrogen-bond acceptors (Lipinski definition) is 6. The molecule has 9 heteroatoms. The van der Waals surface area contributed by atoms with Gasteiger partial charge in [0.15, 0.2) is 0 Å². The van der Waals surface area contributed by atoms with Crippen molar-refractivity contribution in [3.63, 3.8) is 0 Å². The van der Waals surface area contributed by atoms with Crippen LogP contribution in [0.15, 0.2) is 24.5 Å². The fourth-order valence-electron chi connectivity index (χ4n) is 2.65. The molecule has 0 bridgehead atoms. The van der Waals surface area contributed by atoms with Gasteiger partial charge in [-0.05, 0) is 17.7 Å². The molecule has 0 aliphatic carbocycles. The third-order valence-corrected chi connectivity index (χ3v) is 3.92. The lowest BCUT2D eigenvalue weighted by Gasteiger charge is -2.33. The lowest BCUT2D eigenvalue weighted by molar-refractivity contribution is -0.150. The van der Waals surface area contributed by atoms with Gasteiger partial charge in [0.05, 0.1) is 5.52 Å². The van der Waals surface area contributed by atoms with Gasteiger partial charge in [-0.2, -0.15) is 0 Å². The zero-order valence-electron chi connectivity index (χ0n) is 12.8. The number of nitrogens with two attached hydrogens (primary N) is 2. The van der Waals surface area contributed by atoms with Gasteiger partial charge in [0.25, 0.3) is 0 Å². The largest absolute Gasteiger partial charge is 0.383 e. The van der Waals surface area contributed by atoms with Crippen molar-refractivity contribution in [3.8, 4) is 0 Å². The van der Waals surface area contributed by atoms with Crippen LogP contribution < -0.4 is 11.5 Å². The van der Waals surface area contributed by atoms with E-state index in [1.165, 1.54) is 6.33 Å². The topological polar surface area (TPSA) is 136 Å². The number of carbonyl (C=O) groups excluding carboxylic acids is 3. The highest BCUT2D eigenvalue weighted by atomic mass is 16.2. The van der Waals surface area contributed by atoms with Crippen LogP contribution in [0.1, 0.15) is 5.56 Å². The molecule has 0 spiro atoms. The van der Waals surface area contributed by atoms with E-state index >= 15 is 0 Å². The Balaban J connectivity index is 1.72. The minimum absolute atomic E-state index is 0.148. The van der Waals surface area contributed by atoms with Crippen LogP contribution in [-0.4, -0.2) is 57.1 Å². The Hall–Kier alpha value is -3.23. The molecule has 1 aliphatic heterocycles. The number of anilines is 1. The first-order chi connectivity index (χ1) is 11.5. The van der Waals surface area contributed by atoms with Crippen molar-refractivity contribution in [2.24, 2.45) is 5.73 Å². The Morgan fingerprint density at radius 1 is 1.21 bits per heavy atom. The second-order valence-corrected chi connectivity index (χ2v) is 5.52. The normalized spacial score (nSPS) is 14.9. The molecule has 4 N–H and O–H groups in total. The summed E-state index contributed by atoms with van der Waals surface area (Å²) in [6.45, 7) is 0.847. The van der Waals surface area contributed by atoms with Crippen molar-refractivity contribution in [2.45, 2.75) is 6.54 Å². The predicted octanol–water partition coefficient (Wildman–Crippen LogP) is -1.13. The maximum absolute atomic E-state index is 12.2. The molecule has 124 valence electrons. The molecule has 2 aromatic rings. The van der Waals surface area contributed by atoms with Crippen molar-refractivity contribution >= 4 is 34.4 Å². The Bertz CT molecular complexity index is 837. The molecule has 9 nitrogen and oxygen atoms in total. The van der Waals surface area contributed by atoms with E-state index in [-0.39, 0.29) is 19.0 Å². The number of piperazine rings is 1. The predicted molar refractivity (Wildman–Crippen MR) is 85.1 cm³/mol. The molecule has 0 radical (unpaired) electrons. The number of hydrogen-bond donors (Lipinski definition) is 2. The number of carbonyl (C=O) groups is 3. The third kappa shape index (κ3) is 2.96. The van der Waals surface area contributed by atoms with E-state index in [9.17, 15) is 14.4 Å². The quantitative estimate of drug-likeness (QED) is 0.669. The summed E-state index contributed by atoms with van der Waals surface area (Å²) in [4.78, 5) is 45.5. The summed E-state index contributed by atoms with van der Waals surface area (Å²) in [5, 5.41) is 0.754. The monoisotopic (exact) mass is 328 g/mol. The summed E-state index contributed by atoms with van der Waals surface area (Å²) >= 11 is 0. The van der Waals surface area contributed by atoms with Crippen molar-refractivity contribution in [1.29, 1.82) is 0 Å². The number of aromatic nitrogens is 2. The van der Waals surface area contributed by atoms with Crippen LogP contribution >= 0.6 is 0 Å². The van der Waals surface area contributed by atoms with E-state index in [4.69, 9.17) is 11.5 Å². The van der Waals surface area contributed by atoms with Gasteiger partial charge < -0.3 is 21.3 Å². The highest BCUT2D eigenvalue weighted by Gasteiger charge is 2.29. The maximum atomic E-state index is 12.2. The average molecular weight is 328 g/mol. The SMILES string of the molecule is NC(=O)C(=O)N1CCN(Cc2ccc3c(N)ncnc3c2)C(=O)C1. The minimum Gasteiger partial charge on any atom is -0.383 e. The van der Waals surface area contributed by atoms with E-state index in [0.717, 1.165) is 15.8 Å². The first-order valence-corrected chi connectivity index (χ1v) is 7.31. The molecule has 2 heterocycles. The molecule has 1 saturated heterocycles. The number of nitrogen functional groups attached to an aromatic ring is 1. The van der Waals surface area contributed by atoms with Crippen LogP contribution in [0, 0.1) is 0 Å². The number of benzene rings is 1. The molecule has 1 aliphatic rings. The second kappa shape index (κ2) is 6.11. The summed E-state index contributed by atoms with van der Waals surface area (Å²) < 4.78 is 0. The molecule has 1 aromatic heterocycles. The van der Waals surface area contributed by atoms with Gasteiger partial charge in [-0.3, -0.25) is 14.4 Å². The van der Waals surface area contributed by atoms with Gasteiger partial charge >= 0.3 is 11.8 Å². The van der Waals surface area contributed by atoms with E-state index in [1.807, 2.05) is 18.2 Å². The highest BCUT2D eigenvalue weighted by molar-refractivity contribution is 6.34. The molecule has 0 atom stereocenters. The molecule has 1 fully saturated rings. The first kappa shape index (κ1) is 15.7. The van der Waals surface area contributed by atoms with Gasteiger partial charge in [-0.25, -0.2) is 9.97 Å². The Morgan fingerprint density at radius 3 is 2.71 bits per heavy atom. The number of amides is 3. The lowest BCUT2D eigenvalue weighted by Crippen LogP contribution is -2.54. The zero-order valence-corrected chi connectivity index (χ0v) is 12.8. The molecule has 1 aromatic carbocycles. The van der Waals surface area contributed by atoms with Gasteiger partial charge in [-0.1, -0.05) is 6.07 Å². The average Bonchev–Trinajstić information content (AvgIpc) is 2.56. The van der Waals surface area contributed by atoms with Gasteiger partial charge in [-0.15, -0.1) is 0 Å². The lowest BCUT2D eigenvalue weighted by atomic mass is 10.1. The highest BCUT2D eigenvalue weighted by Crippen LogP contribution is 2.19. The van der Waals surface area contributed by atoms with Crippen LogP contribution in [0.3, 0.4) is 0 Å². The minimum atomic E-state index is -1.05. The van der Waals surface area contributed by atoms with Gasteiger partial charge in [0.1, 0.15) is 18.7 Å². The van der Waals surface area contributed by atoms with Crippen LogP contribution in [-0.2, 0) is 20.9 Å². The number of fused-ring (bicyclic) bond motifs is 1. The summed E-state index contributed by atoms with van der Waals surface area (Å²) in [5.41, 5.74) is 12.3. The molecule has 24 heavy (non-hydrogen) atoms. The molecular weight excluding hydrogens is 312 g/mol. The van der Waals surface area contributed by atoms with E-state index < -0.39 is 11.8 Å². The zero-order chi connectivity index (χ0) is 17.3. The summed E-state index contributed by atoms with van der Waals surface area (Å²) in [6, 6.07) is 5.52. The summed E-state index contributed by atoms with van der Waals surface area (Å²) in [7, 11) is 0. The molecule has 3 rings (SSSR count). The van der Waals surface area contributed by atoms with E-state index in [0.29, 0.717) is 24.4 Å². The second-order valence-electron chi connectivity index (χ2n) is 5.52.